The van der Waals surface area contributed by atoms with Crippen LogP contribution in [-0.2, 0) is 0 Å². The van der Waals surface area contributed by atoms with Crippen molar-refractivity contribution in [1.29, 1.82) is 0 Å². The third-order valence-corrected chi connectivity index (χ3v) is 3.38. The largest absolute Gasteiger partial charge is 0.330 e. The summed E-state index contributed by atoms with van der Waals surface area (Å²) in [6.45, 7) is 0.586. The molecule has 0 aliphatic heterocycles. The second kappa shape index (κ2) is 6.08. The van der Waals surface area contributed by atoms with Crippen LogP contribution in [0.5, 0.6) is 0 Å². The van der Waals surface area contributed by atoms with E-state index in [4.69, 9.17) is 5.73 Å². The van der Waals surface area contributed by atoms with E-state index in [1.807, 2.05) is 18.2 Å². The Morgan fingerprint density at radius 1 is 1.06 bits per heavy atom. The third-order valence-electron chi connectivity index (χ3n) is 3.02. The maximum atomic E-state index is 13.3. The summed E-state index contributed by atoms with van der Waals surface area (Å²) in [6.07, 6.45) is 0.817. The molecule has 2 atom stereocenters. The van der Waals surface area contributed by atoms with Gasteiger partial charge in [0.25, 0.3) is 0 Å². The number of benzene rings is 2. The van der Waals surface area contributed by atoms with E-state index >= 15 is 0 Å². The molecule has 0 heterocycles. The second-order valence-electron chi connectivity index (χ2n) is 4.36. The predicted molar refractivity (Wildman–Crippen MR) is 77.7 cm³/mol. The maximum Gasteiger partial charge on any atom is 0.123 e. The minimum atomic E-state index is -0.198. The Morgan fingerprint density at radius 2 is 1.72 bits per heavy atom. The van der Waals surface area contributed by atoms with Gasteiger partial charge in [-0.1, -0.05) is 36.4 Å². The molecule has 2 rings (SSSR count). The lowest BCUT2D eigenvalue weighted by Gasteiger charge is -2.17. The fourth-order valence-corrected chi connectivity index (χ4v) is 2.50. The monoisotopic (exact) mass is 261 g/mol. The van der Waals surface area contributed by atoms with Gasteiger partial charge in [-0.15, -0.1) is 9.24 Å². The van der Waals surface area contributed by atoms with Gasteiger partial charge in [0.2, 0.25) is 0 Å². The van der Waals surface area contributed by atoms with Gasteiger partial charge in [0, 0.05) is 5.92 Å². The first kappa shape index (κ1) is 13.2. The van der Waals surface area contributed by atoms with Gasteiger partial charge in [0.15, 0.2) is 0 Å². The smallest absolute Gasteiger partial charge is 0.123 e. The number of rotatable bonds is 4. The molecule has 94 valence electrons. The molecular weight excluding hydrogens is 244 g/mol. The molecule has 2 aromatic carbocycles. The molecule has 0 aliphatic carbocycles. The first-order valence-corrected chi connectivity index (χ1v) is 6.59. The van der Waals surface area contributed by atoms with Gasteiger partial charge < -0.3 is 5.73 Å². The highest BCUT2D eigenvalue weighted by atomic mass is 31.0. The molecule has 0 spiro atoms. The Kier molecular flexibility index (Phi) is 4.46. The van der Waals surface area contributed by atoms with Crippen molar-refractivity contribution in [2.24, 2.45) is 5.73 Å². The lowest BCUT2D eigenvalue weighted by atomic mass is 9.88. The quantitative estimate of drug-likeness (QED) is 0.841. The van der Waals surface area contributed by atoms with Gasteiger partial charge in [-0.2, -0.15) is 0 Å². The van der Waals surface area contributed by atoms with E-state index in [9.17, 15) is 4.39 Å². The average molecular weight is 261 g/mol. The van der Waals surface area contributed by atoms with Gasteiger partial charge in [0.05, 0.1) is 0 Å². The number of halogens is 1. The highest BCUT2D eigenvalue weighted by Gasteiger charge is 2.14. The van der Waals surface area contributed by atoms with E-state index in [1.165, 1.54) is 11.6 Å². The van der Waals surface area contributed by atoms with Crippen molar-refractivity contribution in [2.75, 3.05) is 6.54 Å². The van der Waals surface area contributed by atoms with E-state index < -0.39 is 0 Å². The Balaban J connectivity index is 2.39. The summed E-state index contributed by atoms with van der Waals surface area (Å²) in [5.41, 5.74) is 7.84. The van der Waals surface area contributed by atoms with Crippen LogP contribution >= 0.6 is 9.24 Å². The number of hydrogen-bond donors (Lipinski definition) is 1. The van der Waals surface area contributed by atoms with Crippen molar-refractivity contribution < 1.29 is 4.39 Å². The zero-order valence-electron chi connectivity index (χ0n) is 10.1. The molecule has 1 nitrogen and oxygen atoms in total. The highest BCUT2D eigenvalue weighted by Crippen LogP contribution is 2.27. The van der Waals surface area contributed by atoms with Crippen LogP contribution in [0.2, 0.25) is 0 Å². The van der Waals surface area contributed by atoms with Crippen LogP contribution in [-0.4, -0.2) is 6.54 Å². The minimum absolute atomic E-state index is 0.159. The van der Waals surface area contributed by atoms with E-state index in [-0.39, 0.29) is 11.7 Å². The zero-order valence-corrected chi connectivity index (χ0v) is 11.3. The molecule has 0 saturated carbocycles. The first-order chi connectivity index (χ1) is 8.70. The molecule has 2 N–H and O–H groups in total. The number of hydrogen-bond acceptors (Lipinski definition) is 1. The highest BCUT2D eigenvalue weighted by molar-refractivity contribution is 7.27. The Labute approximate surface area is 109 Å². The molecule has 2 aromatic rings. The molecular formula is C15H17FNP. The van der Waals surface area contributed by atoms with Crippen LogP contribution in [0, 0.1) is 5.82 Å². The Hall–Kier alpha value is -1.24. The van der Waals surface area contributed by atoms with Crippen molar-refractivity contribution in [3.05, 3.63) is 65.5 Å². The summed E-state index contributed by atoms with van der Waals surface area (Å²) in [5, 5.41) is 1.13. The molecule has 18 heavy (non-hydrogen) atoms. The summed E-state index contributed by atoms with van der Waals surface area (Å²) in [7, 11) is 2.69. The standard InChI is InChI=1S/C15H17FNP/c16-13-5-1-3-11(9-13)15(7-8-17)12-4-2-6-14(18)10-12/h1-6,9-10,15H,7-8,17-18H2. The van der Waals surface area contributed by atoms with E-state index in [0.29, 0.717) is 6.54 Å². The van der Waals surface area contributed by atoms with Crippen molar-refractivity contribution in [3.8, 4) is 0 Å². The van der Waals surface area contributed by atoms with E-state index in [1.54, 1.807) is 12.1 Å². The molecule has 0 radical (unpaired) electrons. The topological polar surface area (TPSA) is 26.0 Å². The van der Waals surface area contributed by atoms with Gasteiger partial charge in [-0.25, -0.2) is 4.39 Å². The maximum absolute atomic E-state index is 13.3. The number of nitrogens with two attached hydrogens (primary N) is 1. The van der Waals surface area contributed by atoms with Gasteiger partial charge in [0.1, 0.15) is 5.82 Å². The van der Waals surface area contributed by atoms with Crippen LogP contribution in [0.1, 0.15) is 23.5 Å². The van der Waals surface area contributed by atoms with Gasteiger partial charge >= 0.3 is 0 Å². The van der Waals surface area contributed by atoms with Crippen molar-refractivity contribution in [2.45, 2.75) is 12.3 Å². The lowest BCUT2D eigenvalue weighted by Crippen LogP contribution is -2.10. The SMILES string of the molecule is NCCC(c1cccc(F)c1)c1cccc(P)c1. The Morgan fingerprint density at radius 3 is 2.33 bits per heavy atom. The predicted octanol–water partition coefficient (Wildman–Crippen LogP) is 2.81. The molecule has 0 fully saturated rings. The summed E-state index contributed by atoms with van der Waals surface area (Å²) < 4.78 is 13.3. The van der Waals surface area contributed by atoms with Gasteiger partial charge in [-0.3, -0.25) is 0 Å². The van der Waals surface area contributed by atoms with Crippen LogP contribution in [0.15, 0.2) is 48.5 Å². The van der Waals surface area contributed by atoms with E-state index in [0.717, 1.165) is 17.3 Å². The van der Waals surface area contributed by atoms with E-state index in [2.05, 4.69) is 21.4 Å². The zero-order chi connectivity index (χ0) is 13.0. The molecule has 0 bridgehead atoms. The van der Waals surface area contributed by atoms with Crippen LogP contribution in [0.4, 0.5) is 4.39 Å². The van der Waals surface area contributed by atoms with Crippen molar-refractivity contribution >= 4 is 14.5 Å². The summed E-state index contributed by atoms with van der Waals surface area (Å²) in [6, 6.07) is 15.0. The Bertz CT molecular complexity index is 482. The summed E-state index contributed by atoms with van der Waals surface area (Å²) in [5.74, 6) is -0.0391. The van der Waals surface area contributed by atoms with Crippen LogP contribution in [0.3, 0.4) is 0 Å². The fourth-order valence-electron chi connectivity index (χ4n) is 2.19. The second-order valence-corrected chi connectivity index (χ2v) is 5.02. The van der Waals surface area contributed by atoms with Crippen LogP contribution < -0.4 is 11.0 Å². The summed E-state index contributed by atoms with van der Waals surface area (Å²) in [4.78, 5) is 0. The third kappa shape index (κ3) is 3.16. The first-order valence-electron chi connectivity index (χ1n) is 6.01. The molecule has 0 amide bonds. The molecule has 0 aromatic heterocycles. The lowest BCUT2D eigenvalue weighted by molar-refractivity contribution is 0.620. The minimum Gasteiger partial charge on any atom is -0.330 e. The molecule has 2 unspecified atom stereocenters. The average Bonchev–Trinajstić information content (AvgIpc) is 2.36. The van der Waals surface area contributed by atoms with Crippen LogP contribution in [0.25, 0.3) is 0 Å². The fraction of sp³-hybridized carbons (Fsp3) is 0.200. The van der Waals surface area contributed by atoms with Crippen molar-refractivity contribution in [3.63, 3.8) is 0 Å². The molecule has 3 heteroatoms. The molecule has 0 saturated heterocycles. The van der Waals surface area contributed by atoms with Crippen molar-refractivity contribution in [1.82, 2.24) is 0 Å². The normalized spacial score (nSPS) is 12.4. The molecule has 0 aliphatic rings. The summed E-state index contributed by atoms with van der Waals surface area (Å²) >= 11 is 0. The van der Waals surface area contributed by atoms with Gasteiger partial charge in [-0.05, 0) is 41.5 Å².